The number of carbonyl (C=O) groups is 1. The largest absolute Gasteiger partial charge is 0.292 e. The van der Waals surface area contributed by atoms with Crippen LogP contribution in [0.25, 0.3) is 10.8 Å². The van der Waals surface area contributed by atoms with Gasteiger partial charge in [-0.15, -0.1) is 0 Å². The van der Waals surface area contributed by atoms with Gasteiger partial charge in [0, 0.05) is 18.9 Å². The molecule has 1 amide bonds. The first-order valence-electron chi connectivity index (χ1n) is 10.1. The first-order chi connectivity index (χ1) is 14.7. The molecule has 5 rings (SSSR count). The first-order valence-corrected chi connectivity index (χ1v) is 11.0. The molecule has 0 saturated carbocycles. The topological polar surface area (TPSA) is 47.3 Å². The molecule has 0 bridgehead atoms. The fourth-order valence-corrected chi connectivity index (χ4v) is 5.51. The number of thioether (sulfide) groups is 1. The molecule has 1 saturated heterocycles. The highest BCUT2D eigenvalue weighted by Gasteiger charge is 2.38. The minimum Gasteiger partial charge on any atom is -0.292 e. The molecule has 0 aliphatic carbocycles. The van der Waals surface area contributed by atoms with Crippen LogP contribution in [-0.2, 0) is 11.3 Å². The van der Waals surface area contributed by atoms with Gasteiger partial charge < -0.3 is 0 Å². The zero-order chi connectivity index (χ0) is 20.5. The summed E-state index contributed by atoms with van der Waals surface area (Å²) in [5, 5.41) is 13.1. The van der Waals surface area contributed by atoms with Crippen molar-refractivity contribution in [3.8, 4) is 6.07 Å². The number of rotatable bonds is 3. The fraction of sp³-hybridized carbons (Fsp3) is 0.200. The molecule has 0 aromatic heterocycles. The minimum absolute atomic E-state index is 0.0900. The molecule has 30 heavy (non-hydrogen) atoms. The van der Waals surface area contributed by atoms with Crippen molar-refractivity contribution < 1.29 is 4.79 Å². The molecular weight excluding hydrogens is 390 g/mol. The second-order valence-corrected chi connectivity index (χ2v) is 8.64. The van der Waals surface area contributed by atoms with Crippen LogP contribution in [0.5, 0.6) is 0 Å². The highest BCUT2D eigenvalue weighted by atomic mass is 32.2. The van der Waals surface area contributed by atoms with Crippen LogP contribution in [0.1, 0.15) is 23.5 Å². The van der Waals surface area contributed by atoms with Gasteiger partial charge in [0.05, 0.1) is 29.2 Å². The average Bonchev–Trinajstić information content (AvgIpc) is 2.79. The molecule has 3 aromatic rings. The summed E-state index contributed by atoms with van der Waals surface area (Å²) in [6, 6.07) is 27.1. The quantitative estimate of drug-likeness (QED) is 0.605. The second kappa shape index (κ2) is 7.98. The highest BCUT2D eigenvalue weighted by Crippen LogP contribution is 2.44. The lowest BCUT2D eigenvalue weighted by atomic mass is 9.84. The van der Waals surface area contributed by atoms with E-state index < -0.39 is 0 Å². The van der Waals surface area contributed by atoms with E-state index in [4.69, 9.17) is 0 Å². The number of carbonyl (C=O) groups excluding carboxylic acids is 1. The Morgan fingerprint density at radius 1 is 1.00 bits per heavy atom. The van der Waals surface area contributed by atoms with Gasteiger partial charge in [-0.2, -0.15) is 5.26 Å². The van der Waals surface area contributed by atoms with Crippen LogP contribution in [0.4, 0.5) is 0 Å². The van der Waals surface area contributed by atoms with E-state index in [1.54, 1.807) is 16.7 Å². The summed E-state index contributed by atoms with van der Waals surface area (Å²) < 4.78 is 0. The summed E-state index contributed by atoms with van der Waals surface area (Å²) in [4.78, 5) is 17.2. The number of allylic oxidation sites excluding steroid dienone is 1. The summed E-state index contributed by atoms with van der Waals surface area (Å²) in [5.41, 5.74) is 3.01. The number of benzene rings is 3. The standard InChI is InChI=1S/C25H21N3OS/c26-14-23-22(21-12-6-10-19-9-4-5-11-20(19)21)13-24(29)28-16-27(17-30-25(23)28)15-18-7-2-1-3-8-18/h1-12,22H,13,15-17H2/t22-/m0/s1. The molecule has 2 heterocycles. The van der Waals surface area contributed by atoms with Crippen LogP contribution in [0.3, 0.4) is 0 Å². The van der Waals surface area contributed by atoms with Crippen molar-refractivity contribution in [1.29, 1.82) is 5.26 Å². The van der Waals surface area contributed by atoms with E-state index in [1.165, 1.54) is 5.56 Å². The van der Waals surface area contributed by atoms with Gasteiger partial charge in [-0.25, -0.2) is 0 Å². The number of hydrogen-bond donors (Lipinski definition) is 0. The summed E-state index contributed by atoms with van der Waals surface area (Å²) >= 11 is 1.60. The molecule has 0 N–H and O–H groups in total. The van der Waals surface area contributed by atoms with E-state index in [9.17, 15) is 10.1 Å². The SMILES string of the molecule is N#CC1=C2SCN(Cc3ccccc3)CN2C(=O)C[C@H]1c1cccc2ccccc12. The number of nitriles is 1. The van der Waals surface area contributed by atoms with E-state index in [2.05, 4.69) is 47.4 Å². The van der Waals surface area contributed by atoms with E-state index in [-0.39, 0.29) is 11.8 Å². The Morgan fingerprint density at radius 2 is 1.77 bits per heavy atom. The lowest BCUT2D eigenvalue weighted by molar-refractivity contribution is -0.131. The van der Waals surface area contributed by atoms with Gasteiger partial charge in [-0.1, -0.05) is 84.6 Å². The van der Waals surface area contributed by atoms with Gasteiger partial charge in [0.15, 0.2) is 0 Å². The molecule has 0 spiro atoms. The predicted octanol–water partition coefficient (Wildman–Crippen LogP) is 5.05. The molecule has 4 nitrogen and oxygen atoms in total. The second-order valence-electron chi connectivity index (χ2n) is 7.71. The summed E-state index contributed by atoms with van der Waals surface area (Å²) in [6.45, 7) is 1.32. The van der Waals surface area contributed by atoms with Crippen molar-refractivity contribution in [2.45, 2.75) is 18.9 Å². The third-order valence-corrected chi connectivity index (χ3v) is 7.01. The van der Waals surface area contributed by atoms with Crippen LogP contribution < -0.4 is 0 Å². The Balaban J connectivity index is 1.48. The summed E-state index contributed by atoms with van der Waals surface area (Å²) in [7, 11) is 0. The zero-order valence-electron chi connectivity index (χ0n) is 16.5. The van der Waals surface area contributed by atoms with Crippen LogP contribution in [0.15, 0.2) is 83.4 Å². The van der Waals surface area contributed by atoms with Crippen LogP contribution in [0, 0.1) is 11.3 Å². The lowest BCUT2D eigenvalue weighted by Gasteiger charge is -2.41. The normalized spacial score (nSPS) is 19.6. The van der Waals surface area contributed by atoms with E-state index in [0.717, 1.165) is 39.4 Å². The Kier molecular flexibility index (Phi) is 5.04. The van der Waals surface area contributed by atoms with Gasteiger partial charge in [0.2, 0.25) is 5.91 Å². The number of amides is 1. The van der Waals surface area contributed by atoms with E-state index in [0.29, 0.717) is 13.1 Å². The zero-order valence-corrected chi connectivity index (χ0v) is 17.3. The Labute approximate surface area is 180 Å². The number of hydrogen-bond acceptors (Lipinski definition) is 4. The van der Waals surface area contributed by atoms with Crippen molar-refractivity contribution >= 4 is 28.4 Å². The molecule has 3 aromatic carbocycles. The maximum atomic E-state index is 13.2. The maximum absolute atomic E-state index is 13.2. The third-order valence-electron chi connectivity index (χ3n) is 5.80. The summed E-state index contributed by atoms with van der Waals surface area (Å²) in [6.07, 6.45) is 0.333. The Bertz CT molecular complexity index is 1180. The lowest BCUT2D eigenvalue weighted by Crippen LogP contribution is -2.46. The monoisotopic (exact) mass is 411 g/mol. The van der Waals surface area contributed by atoms with Crippen molar-refractivity contribution in [2.24, 2.45) is 0 Å². The minimum atomic E-state index is -0.187. The number of fused-ring (bicyclic) bond motifs is 2. The molecule has 1 fully saturated rings. The van der Waals surface area contributed by atoms with E-state index >= 15 is 0 Å². The first kappa shape index (κ1) is 18.9. The van der Waals surface area contributed by atoms with Gasteiger partial charge in [0.25, 0.3) is 0 Å². The molecule has 2 aliphatic rings. The Morgan fingerprint density at radius 3 is 2.60 bits per heavy atom. The van der Waals surface area contributed by atoms with Crippen molar-refractivity contribution in [1.82, 2.24) is 9.80 Å². The molecule has 0 unspecified atom stereocenters. The van der Waals surface area contributed by atoms with E-state index in [1.807, 2.05) is 36.4 Å². The van der Waals surface area contributed by atoms with Gasteiger partial charge >= 0.3 is 0 Å². The maximum Gasteiger partial charge on any atom is 0.229 e. The fourth-order valence-electron chi connectivity index (χ4n) is 4.37. The van der Waals surface area contributed by atoms with Gasteiger partial charge in [-0.3, -0.25) is 14.6 Å². The van der Waals surface area contributed by atoms with Crippen molar-refractivity contribution in [3.63, 3.8) is 0 Å². The molecule has 148 valence electrons. The molecule has 5 heteroatoms. The Hall–Kier alpha value is -3.07. The summed E-state index contributed by atoms with van der Waals surface area (Å²) in [5.74, 6) is 0.668. The average molecular weight is 412 g/mol. The molecule has 2 aliphatic heterocycles. The van der Waals surface area contributed by atoms with Crippen molar-refractivity contribution in [2.75, 3.05) is 12.5 Å². The van der Waals surface area contributed by atoms with Gasteiger partial charge in [0.1, 0.15) is 0 Å². The number of nitrogens with zero attached hydrogens (tertiary/aromatic N) is 3. The van der Waals surface area contributed by atoms with Crippen molar-refractivity contribution in [3.05, 3.63) is 94.5 Å². The molecular formula is C25H21N3OS. The van der Waals surface area contributed by atoms with Crippen LogP contribution >= 0.6 is 11.8 Å². The van der Waals surface area contributed by atoms with Gasteiger partial charge in [-0.05, 0) is 21.9 Å². The van der Waals surface area contributed by atoms with Crippen LogP contribution in [-0.4, -0.2) is 28.3 Å². The van der Waals surface area contributed by atoms with Crippen LogP contribution in [0.2, 0.25) is 0 Å². The molecule has 1 atom stereocenters. The smallest absolute Gasteiger partial charge is 0.229 e. The molecule has 0 radical (unpaired) electrons. The predicted molar refractivity (Wildman–Crippen MR) is 120 cm³/mol. The third kappa shape index (κ3) is 3.39. The highest BCUT2D eigenvalue weighted by molar-refractivity contribution is 8.03.